The molecule has 0 saturated heterocycles. The average Bonchev–Trinajstić information content (AvgIpc) is 2.18. The lowest BCUT2D eigenvalue weighted by Crippen LogP contribution is -2.33. The van der Waals surface area contributed by atoms with Crippen molar-refractivity contribution in [3.05, 3.63) is 29.8 Å². The second-order valence-corrected chi connectivity index (χ2v) is 4.06. The fourth-order valence-corrected chi connectivity index (χ4v) is 1.37. The number of hydrogen-bond acceptors (Lipinski definition) is 3. The molecule has 0 aliphatic carbocycles. The lowest BCUT2D eigenvalue weighted by Gasteiger charge is -2.14. The van der Waals surface area contributed by atoms with Crippen molar-refractivity contribution in [3.63, 3.8) is 0 Å². The van der Waals surface area contributed by atoms with Gasteiger partial charge in [0.1, 0.15) is 11.9 Å². The van der Waals surface area contributed by atoms with Crippen LogP contribution in [0.5, 0.6) is 5.75 Å². The molecule has 0 aromatic heterocycles. The van der Waals surface area contributed by atoms with Crippen molar-refractivity contribution in [2.75, 3.05) is 6.54 Å². The van der Waals surface area contributed by atoms with Crippen molar-refractivity contribution >= 4 is 0 Å². The molecule has 0 amide bonds. The first-order valence-electron chi connectivity index (χ1n) is 5.33. The van der Waals surface area contributed by atoms with Crippen molar-refractivity contribution in [3.8, 4) is 5.75 Å². The molecule has 84 valence electrons. The van der Waals surface area contributed by atoms with Gasteiger partial charge in [0.05, 0.1) is 0 Å². The van der Waals surface area contributed by atoms with E-state index in [2.05, 4.69) is 31.4 Å². The Morgan fingerprint density at radius 1 is 1.20 bits per heavy atom. The van der Waals surface area contributed by atoms with Gasteiger partial charge in [-0.1, -0.05) is 26.0 Å². The first-order chi connectivity index (χ1) is 7.13. The van der Waals surface area contributed by atoms with Gasteiger partial charge in [0, 0.05) is 6.54 Å². The van der Waals surface area contributed by atoms with Crippen LogP contribution in [0.3, 0.4) is 0 Å². The normalized spacial score (nSPS) is 12.9. The Morgan fingerprint density at radius 3 is 2.27 bits per heavy atom. The van der Waals surface area contributed by atoms with Crippen molar-refractivity contribution < 1.29 is 4.74 Å². The molecule has 3 heteroatoms. The van der Waals surface area contributed by atoms with E-state index in [1.807, 2.05) is 19.1 Å². The Morgan fingerprint density at radius 2 is 1.80 bits per heavy atom. The van der Waals surface area contributed by atoms with Crippen LogP contribution in [-0.4, -0.2) is 12.6 Å². The number of ether oxygens (including phenoxy) is 1. The average molecular weight is 208 g/mol. The lowest BCUT2D eigenvalue weighted by atomic mass is 10.0. The summed E-state index contributed by atoms with van der Waals surface area (Å²) in [6, 6.07) is 8.20. The zero-order chi connectivity index (χ0) is 11.3. The van der Waals surface area contributed by atoms with E-state index in [1.165, 1.54) is 5.56 Å². The van der Waals surface area contributed by atoms with E-state index in [0.717, 1.165) is 5.75 Å². The molecular formula is C12H20N2O. The van der Waals surface area contributed by atoms with E-state index in [1.54, 1.807) is 0 Å². The Kier molecular flexibility index (Phi) is 4.59. The lowest BCUT2D eigenvalue weighted by molar-refractivity contribution is 0.218. The highest BCUT2D eigenvalue weighted by molar-refractivity contribution is 5.29. The molecular weight excluding hydrogens is 188 g/mol. The third-order valence-corrected chi connectivity index (χ3v) is 2.29. The number of benzene rings is 1. The van der Waals surface area contributed by atoms with Crippen LogP contribution < -0.4 is 16.0 Å². The van der Waals surface area contributed by atoms with E-state index in [0.29, 0.717) is 12.5 Å². The van der Waals surface area contributed by atoms with Gasteiger partial charge in [0.2, 0.25) is 0 Å². The van der Waals surface area contributed by atoms with E-state index in [4.69, 9.17) is 10.6 Å². The highest BCUT2D eigenvalue weighted by atomic mass is 16.5. The summed E-state index contributed by atoms with van der Waals surface area (Å²) in [6.07, 6.45) is 0.0832. The summed E-state index contributed by atoms with van der Waals surface area (Å²) < 4.78 is 5.65. The second kappa shape index (κ2) is 5.73. The Labute approximate surface area is 91.6 Å². The second-order valence-electron chi connectivity index (χ2n) is 4.06. The largest absolute Gasteiger partial charge is 0.489 e. The Balaban J connectivity index is 2.56. The third-order valence-electron chi connectivity index (χ3n) is 2.29. The van der Waals surface area contributed by atoms with Crippen LogP contribution in [0.1, 0.15) is 32.3 Å². The van der Waals surface area contributed by atoms with Crippen LogP contribution in [0.15, 0.2) is 24.3 Å². The summed E-state index contributed by atoms with van der Waals surface area (Å²) in [5.41, 5.74) is 3.92. The molecule has 1 atom stereocenters. The van der Waals surface area contributed by atoms with Gasteiger partial charge >= 0.3 is 0 Å². The first-order valence-corrected chi connectivity index (χ1v) is 5.33. The molecule has 0 fully saturated rings. The number of hydrazine groups is 1. The molecule has 0 saturated carbocycles. The number of nitrogens with one attached hydrogen (secondary N) is 1. The molecule has 1 aromatic rings. The predicted octanol–water partition coefficient (Wildman–Crippen LogP) is 2.04. The standard InChI is InChI=1S/C12H20N2O/c1-9(2)11-4-6-12(7-5-11)15-10(3)8-14-13/h4-7,9-10,14H,8,13H2,1-3H3. The third kappa shape index (κ3) is 3.90. The van der Waals surface area contributed by atoms with E-state index in [9.17, 15) is 0 Å². The van der Waals surface area contributed by atoms with E-state index in [-0.39, 0.29) is 6.10 Å². The van der Waals surface area contributed by atoms with Gasteiger partial charge in [0.25, 0.3) is 0 Å². The fourth-order valence-electron chi connectivity index (χ4n) is 1.37. The molecule has 0 spiro atoms. The smallest absolute Gasteiger partial charge is 0.119 e. The number of nitrogens with two attached hydrogens (primary N) is 1. The monoisotopic (exact) mass is 208 g/mol. The highest BCUT2D eigenvalue weighted by Crippen LogP contribution is 2.19. The molecule has 3 N–H and O–H groups in total. The summed E-state index contributed by atoms with van der Waals surface area (Å²) in [5, 5.41) is 0. The molecule has 3 nitrogen and oxygen atoms in total. The van der Waals surface area contributed by atoms with Crippen LogP contribution in [0.4, 0.5) is 0 Å². The van der Waals surface area contributed by atoms with E-state index >= 15 is 0 Å². The maximum atomic E-state index is 5.65. The summed E-state index contributed by atoms with van der Waals surface area (Å²) >= 11 is 0. The Bertz CT molecular complexity index is 282. The molecule has 1 rings (SSSR count). The van der Waals surface area contributed by atoms with E-state index < -0.39 is 0 Å². The quantitative estimate of drug-likeness (QED) is 0.575. The van der Waals surface area contributed by atoms with Crippen LogP contribution in [0.25, 0.3) is 0 Å². The SMILES string of the molecule is CC(CNN)Oc1ccc(C(C)C)cc1. The molecule has 15 heavy (non-hydrogen) atoms. The zero-order valence-electron chi connectivity index (χ0n) is 9.66. The number of rotatable bonds is 5. The van der Waals surface area contributed by atoms with Crippen molar-refractivity contribution in [2.24, 2.45) is 5.84 Å². The van der Waals surface area contributed by atoms with Gasteiger partial charge in [0.15, 0.2) is 0 Å². The maximum Gasteiger partial charge on any atom is 0.119 e. The molecule has 0 bridgehead atoms. The minimum absolute atomic E-state index is 0.0832. The van der Waals surface area contributed by atoms with Gasteiger partial charge in [-0.25, -0.2) is 0 Å². The Hall–Kier alpha value is -1.06. The predicted molar refractivity (Wildman–Crippen MR) is 62.8 cm³/mol. The van der Waals surface area contributed by atoms with Crippen LogP contribution in [0.2, 0.25) is 0 Å². The van der Waals surface area contributed by atoms with Crippen molar-refractivity contribution in [1.29, 1.82) is 0 Å². The summed E-state index contributed by atoms with van der Waals surface area (Å²) in [4.78, 5) is 0. The molecule has 0 aliphatic heterocycles. The summed E-state index contributed by atoms with van der Waals surface area (Å²) in [5.74, 6) is 6.67. The molecule has 1 aromatic carbocycles. The summed E-state index contributed by atoms with van der Waals surface area (Å²) in [7, 11) is 0. The minimum Gasteiger partial charge on any atom is -0.489 e. The van der Waals surface area contributed by atoms with Crippen LogP contribution in [0, 0.1) is 0 Å². The number of hydrogen-bond donors (Lipinski definition) is 2. The first kappa shape index (κ1) is 12.0. The molecule has 0 heterocycles. The van der Waals surface area contributed by atoms with Gasteiger partial charge in [-0.15, -0.1) is 0 Å². The fraction of sp³-hybridized carbons (Fsp3) is 0.500. The van der Waals surface area contributed by atoms with Gasteiger partial charge in [-0.3, -0.25) is 11.3 Å². The van der Waals surface area contributed by atoms with Crippen LogP contribution in [-0.2, 0) is 0 Å². The minimum atomic E-state index is 0.0832. The van der Waals surface area contributed by atoms with Crippen molar-refractivity contribution in [2.45, 2.75) is 32.8 Å². The molecule has 0 radical (unpaired) electrons. The zero-order valence-corrected chi connectivity index (χ0v) is 9.66. The maximum absolute atomic E-state index is 5.65. The van der Waals surface area contributed by atoms with Gasteiger partial charge in [-0.2, -0.15) is 0 Å². The van der Waals surface area contributed by atoms with Gasteiger partial charge < -0.3 is 4.74 Å². The summed E-state index contributed by atoms with van der Waals surface area (Å²) in [6.45, 7) is 6.98. The molecule has 0 aliphatic rings. The topological polar surface area (TPSA) is 47.3 Å². The van der Waals surface area contributed by atoms with Gasteiger partial charge in [-0.05, 0) is 30.5 Å². The molecule has 1 unspecified atom stereocenters. The van der Waals surface area contributed by atoms with Crippen molar-refractivity contribution in [1.82, 2.24) is 5.43 Å². The van der Waals surface area contributed by atoms with Crippen LogP contribution >= 0.6 is 0 Å². The highest BCUT2D eigenvalue weighted by Gasteiger charge is 2.03.